The Morgan fingerprint density at radius 2 is 1.57 bits per heavy atom. The van der Waals surface area contributed by atoms with Crippen molar-refractivity contribution in [2.75, 3.05) is 13.1 Å². The molecule has 0 atom stereocenters. The maximum absolute atomic E-state index is 13.5. The average Bonchev–Trinajstić information content (AvgIpc) is 3.07. The Morgan fingerprint density at radius 3 is 2.07 bits per heavy atom. The molecule has 0 saturated carbocycles. The quantitative estimate of drug-likeness (QED) is 0.569. The van der Waals surface area contributed by atoms with Crippen molar-refractivity contribution in [3.63, 3.8) is 0 Å². The number of rotatable bonds is 10. The second kappa shape index (κ2) is 9.70. The molecular formula is C22H35N3O2S. The van der Waals surface area contributed by atoms with E-state index in [-0.39, 0.29) is 5.41 Å². The largest absolute Gasteiger partial charge is 0.267 e. The first-order chi connectivity index (χ1) is 13.2. The highest BCUT2D eigenvalue weighted by Crippen LogP contribution is 2.30. The summed E-state index contributed by atoms with van der Waals surface area (Å²) in [5.74, 6) is 0. The van der Waals surface area contributed by atoms with Crippen molar-refractivity contribution < 1.29 is 8.42 Å². The Morgan fingerprint density at radius 1 is 1.00 bits per heavy atom. The third-order valence-corrected chi connectivity index (χ3v) is 6.67. The predicted octanol–water partition coefficient (Wildman–Crippen LogP) is 4.82. The molecule has 0 aliphatic carbocycles. The minimum absolute atomic E-state index is 0.350. The van der Waals surface area contributed by atoms with Gasteiger partial charge < -0.3 is 0 Å². The van der Waals surface area contributed by atoms with E-state index in [2.05, 4.69) is 13.8 Å². The number of aromatic nitrogens is 2. The first-order valence-electron chi connectivity index (χ1n) is 10.3. The van der Waals surface area contributed by atoms with Crippen LogP contribution in [0.3, 0.4) is 0 Å². The maximum Gasteiger partial charge on any atom is 0.246 e. The lowest BCUT2D eigenvalue weighted by molar-refractivity contribution is 0.393. The van der Waals surface area contributed by atoms with Crippen LogP contribution >= 0.6 is 0 Å². The lowest BCUT2D eigenvalue weighted by atomic mass is 9.92. The van der Waals surface area contributed by atoms with Crippen molar-refractivity contribution >= 4 is 10.0 Å². The number of benzene rings is 1. The van der Waals surface area contributed by atoms with E-state index >= 15 is 0 Å². The first-order valence-corrected chi connectivity index (χ1v) is 11.8. The number of sulfonamides is 1. The molecule has 0 spiro atoms. The van der Waals surface area contributed by atoms with Gasteiger partial charge in [0.15, 0.2) is 0 Å². The molecule has 28 heavy (non-hydrogen) atoms. The molecule has 1 aromatic heterocycles. The minimum atomic E-state index is -3.58. The van der Waals surface area contributed by atoms with Crippen LogP contribution in [-0.4, -0.2) is 35.6 Å². The van der Waals surface area contributed by atoms with Gasteiger partial charge in [0.1, 0.15) is 4.90 Å². The van der Waals surface area contributed by atoms with Crippen LogP contribution in [0.15, 0.2) is 41.4 Å². The van der Waals surface area contributed by atoms with Crippen LogP contribution in [0.25, 0.3) is 0 Å². The summed E-state index contributed by atoms with van der Waals surface area (Å²) in [6.45, 7) is 11.9. The number of nitrogens with zero attached hydrogens (tertiary/aromatic N) is 3. The Labute approximate surface area is 170 Å². The van der Waals surface area contributed by atoms with Gasteiger partial charge in [-0.3, -0.25) is 4.68 Å². The van der Waals surface area contributed by atoms with Gasteiger partial charge in [0.25, 0.3) is 0 Å². The monoisotopic (exact) mass is 405 g/mol. The molecule has 0 saturated heterocycles. The van der Waals surface area contributed by atoms with Gasteiger partial charge in [-0.25, -0.2) is 8.42 Å². The SMILES string of the molecule is CCCCN(CCCC)S(=O)(=O)c1cn(Cc2ccccc2)nc1C(C)(C)C. The second-order valence-corrected chi connectivity index (χ2v) is 10.3. The lowest BCUT2D eigenvalue weighted by Crippen LogP contribution is -2.34. The summed E-state index contributed by atoms with van der Waals surface area (Å²) in [6.07, 6.45) is 5.39. The average molecular weight is 406 g/mol. The zero-order chi connectivity index (χ0) is 20.8. The van der Waals surface area contributed by atoms with Crippen molar-refractivity contribution in [2.45, 2.75) is 77.2 Å². The van der Waals surface area contributed by atoms with Crippen LogP contribution in [0.1, 0.15) is 71.6 Å². The summed E-state index contributed by atoms with van der Waals surface area (Å²) in [5.41, 5.74) is 1.38. The van der Waals surface area contributed by atoms with E-state index < -0.39 is 10.0 Å². The third-order valence-electron chi connectivity index (χ3n) is 4.77. The van der Waals surface area contributed by atoms with Gasteiger partial charge in [0.05, 0.1) is 12.2 Å². The molecule has 0 fully saturated rings. The van der Waals surface area contributed by atoms with Gasteiger partial charge in [0, 0.05) is 24.7 Å². The number of hydrogen-bond acceptors (Lipinski definition) is 3. The van der Waals surface area contributed by atoms with E-state index in [0.717, 1.165) is 31.2 Å². The van der Waals surface area contributed by atoms with Gasteiger partial charge in [-0.15, -0.1) is 0 Å². The highest BCUT2D eigenvalue weighted by molar-refractivity contribution is 7.89. The number of unbranched alkanes of at least 4 members (excludes halogenated alkanes) is 2. The highest BCUT2D eigenvalue weighted by atomic mass is 32.2. The van der Waals surface area contributed by atoms with Crippen LogP contribution in [0, 0.1) is 0 Å². The molecule has 2 aromatic rings. The first kappa shape index (κ1) is 22.6. The summed E-state index contributed by atoms with van der Waals surface area (Å²) >= 11 is 0. The van der Waals surface area contributed by atoms with Crippen LogP contribution < -0.4 is 0 Å². The topological polar surface area (TPSA) is 55.2 Å². The highest BCUT2D eigenvalue weighted by Gasteiger charge is 2.33. The molecule has 0 aliphatic heterocycles. The van der Waals surface area contributed by atoms with Gasteiger partial charge in [-0.1, -0.05) is 77.8 Å². The van der Waals surface area contributed by atoms with Gasteiger partial charge >= 0.3 is 0 Å². The molecule has 5 nitrogen and oxygen atoms in total. The number of hydrogen-bond donors (Lipinski definition) is 0. The molecule has 0 radical (unpaired) electrons. The molecule has 156 valence electrons. The third kappa shape index (κ3) is 5.67. The van der Waals surface area contributed by atoms with Crippen LogP contribution in [-0.2, 0) is 22.0 Å². The Bertz CT molecular complexity index is 828. The molecule has 0 bridgehead atoms. The smallest absolute Gasteiger partial charge is 0.246 e. The molecule has 6 heteroatoms. The summed E-state index contributed by atoms with van der Waals surface area (Å²) in [7, 11) is -3.58. The zero-order valence-corrected chi connectivity index (χ0v) is 18.8. The molecule has 2 rings (SSSR count). The molecule has 0 amide bonds. The van der Waals surface area contributed by atoms with Crippen molar-refractivity contribution in [3.05, 3.63) is 47.8 Å². The summed E-state index contributed by atoms with van der Waals surface area (Å²) in [6, 6.07) is 10.0. The predicted molar refractivity (Wildman–Crippen MR) is 115 cm³/mol. The molecule has 1 aromatic carbocycles. The van der Waals surface area contributed by atoms with E-state index in [0.29, 0.717) is 30.2 Å². The summed E-state index contributed by atoms with van der Waals surface area (Å²) in [4.78, 5) is 0.350. The summed E-state index contributed by atoms with van der Waals surface area (Å²) < 4.78 is 30.5. The fourth-order valence-electron chi connectivity index (χ4n) is 3.12. The minimum Gasteiger partial charge on any atom is -0.267 e. The fourth-order valence-corrected chi connectivity index (χ4v) is 4.99. The van der Waals surface area contributed by atoms with Gasteiger partial charge in [-0.2, -0.15) is 9.40 Å². The van der Waals surface area contributed by atoms with Crippen molar-refractivity contribution in [1.29, 1.82) is 0 Å². The fraction of sp³-hybridized carbons (Fsp3) is 0.591. The van der Waals surface area contributed by atoms with Crippen LogP contribution in [0.5, 0.6) is 0 Å². The van der Waals surface area contributed by atoms with E-state index in [4.69, 9.17) is 5.10 Å². The Balaban J connectivity index is 2.44. The zero-order valence-electron chi connectivity index (χ0n) is 18.0. The molecular weight excluding hydrogens is 370 g/mol. The van der Waals surface area contributed by atoms with Crippen molar-refractivity contribution in [3.8, 4) is 0 Å². The van der Waals surface area contributed by atoms with E-state index in [1.807, 2.05) is 51.1 Å². The van der Waals surface area contributed by atoms with Crippen molar-refractivity contribution in [1.82, 2.24) is 14.1 Å². The van der Waals surface area contributed by atoms with E-state index in [9.17, 15) is 8.42 Å². The molecule has 0 aliphatic rings. The second-order valence-electron chi connectivity index (χ2n) is 8.39. The normalized spacial score (nSPS) is 12.6. The van der Waals surface area contributed by atoms with Gasteiger partial charge in [0.2, 0.25) is 10.0 Å². The van der Waals surface area contributed by atoms with Crippen LogP contribution in [0.2, 0.25) is 0 Å². The standard InChI is InChI=1S/C22H35N3O2S/c1-6-8-15-25(16-9-7-2)28(26,27)20-18-24(23-21(20)22(3,4)5)17-19-13-11-10-12-14-19/h10-14,18H,6-9,15-17H2,1-5H3. The van der Waals surface area contributed by atoms with Gasteiger partial charge in [-0.05, 0) is 18.4 Å². The van der Waals surface area contributed by atoms with Crippen LogP contribution in [0.4, 0.5) is 0 Å². The molecule has 0 unspecified atom stereocenters. The lowest BCUT2D eigenvalue weighted by Gasteiger charge is -2.24. The molecule has 1 heterocycles. The van der Waals surface area contributed by atoms with Crippen molar-refractivity contribution in [2.24, 2.45) is 0 Å². The molecule has 0 N–H and O–H groups in total. The summed E-state index contributed by atoms with van der Waals surface area (Å²) in [5, 5.41) is 4.70. The van der Waals surface area contributed by atoms with E-state index in [1.165, 1.54) is 0 Å². The Hall–Kier alpha value is -1.66. The van der Waals surface area contributed by atoms with E-state index in [1.54, 1.807) is 15.2 Å². The Kier molecular flexibility index (Phi) is 7.84. The maximum atomic E-state index is 13.5.